The van der Waals surface area contributed by atoms with Crippen LogP contribution in [0.4, 0.5) is 19.0 Å². The number of nitrogens with one attached hydrogen (secondary N) is 2. The fourth-order valence-corrected chi connectivity index (χ4v) is 2.92. The van der Waals surface area contributed by atoms with Gasteiger partial charge in [-0.3, -0.25) is 19.6 Å². The molecule has 0 unspecified atom stereocenters. The van der Waals surface area contributed by atoms with Gasteiger partial charge in [0.1, 0.15) is 5.82 Å². The Morgan fingerprint density at radius 2 is 1.63 bits per heavy atom. The van der Waals surface area contributed by atoms with Crippen LogP contribution in [0.15, 0.2) is 39.9 Å². The minimum absolute atomic E-state index is 0.0139. The van der Waals surface area contributed by atoms with Gasteiger partial charge in [-0.15, -0.1) is 0 Å². The van der Waals surface area contributed by atoms with Crippen molar-refractivity contribution in [2.24, 2.45) is 0 Å². The summed E-state index contributed by atoms with van der Waals surface area (Å²) in [7, 11) is 0. The summed E-state index contributed by atoms with van der Waals surface area (Å²) in [5.74, 6) is 0.201. The number of carbonyl (C=O) groups excluding carboxylic acids is 1. The van der Waals surface area contributed by atoms with E-state index in [1.54, 1.807) is 9.80 Å². The summed E-state index contributed by atoms with van der Waals surface area (Å²) >= 11 is 0. The summed E-state index contributed by atoms with van der Waals surface area (Å²) in [5.41, 5.74) is -1.35. The first-order valence-electron chi connectivity index (χ1n) is 8.25. The summed E-state index contributed by atoms with van der Waals surface area (Å²) in [5, 5.41) is 0. The van der Waals surface area contributed by atoms with Crippen molar-refractivity contribution in [2.45, 2.75) is 12.6 Å². The zero-order chi connectivity index (χ0) is 19.6. The molecule has 2 N–H and O–H groups in total. The van der Waals surface area contributed by atoms with E-state index in [9.17, 15) is 27.6 Å². The molecule has 1 aromatic carbocycles. The molecule has 0 spiro atoms. The predicted molar refractivity (Wildman–Crippen MR) is 91.6 cm³/mol. The van der Waals surface area contributed by atoms with Gasteiger partial charge in [-0.1, -0.05) is 12.1 Å². The number of amides is 1. The van der Waals surface area contributed by atoms with E-state index in [0.29, 0.717) is 37.6 Å². The van der Waals surface area contributed by atoms with Gasteiger partial charge in [-0.05, 0) is 17.7 Å². The third-order valence-electron chi connectivity index (χ3n) is 4.36. The highest BCUT2D eigenvalue weighted by atomic mass is 19.4. The number of aromatic amines is 2. The summed E-state index contributed by atoms with van der Waals surface area (Å²) in [6.07, 6.45) is -4.39. The Labute approximate surface area is 151 Å². The number of nitrogens with zero attached hydrogens (tertiary/aromatic N) is 2. The maximum atomic E-state index is 12.6. The molecule has 27 heavy (non-hydrogen) atoms. The number of benzene rings is 1. The number of anilines is 1. The first-order valence-corrected chi connectivity index (χ1v) is 8.25. The summed E-state index contributed by atoms with van der Waals surface area (Å²) in [4.78, 5) is 43.1. The van der Waals surface area contributed by atoms with E-state index in [-0.39, 0.29) is 12.3 Å². The minimum atomic E-state index is -4.40. The number of aromatic nitrogens is 2. The Bertz CT molecular complexity index is 898. The molecule has 0 saturated carbocycles. The SMILES string of the molecule is O=C(Cc1ccc(C(F)(F)F)cc1)N1CCN(c2cc(=O)[nH]c(=O)[nH]2)CC1. The van der Waals surface area contributed by atoms with Gasteiger partial charge >= 0.3 is 11.9 Å². The van der Waals surface area contributed by atoms with Gasteiger partial charge < -0.3 is 9.80 Å². The molecular weight excluding hydrogens is 365 g/mol. The molecule has 0 aliphatic carbocycles. The maximum absolute atomic E-state index is 12.6. The zero-order valence-corrected chi connectivity index (χ0v) is 14.2. The number of halogens is 3. The lowest BCUT2D eigenvalue weighted by molar-refractivity contribution is -0.137. The number of piperazine rings is 1. The molecule has 1 aliphatic heterocycles. The average Bonchev–Trinajstić information content (AvgIpc) is 2.61. The first-order chi connectivity index (χ1) is 12.7. The Kier molecular flexibility index (Phi) is 5.06. The molecule has 0 atom stereocenters. The Balaban J connectivity index is 1.58. The van der Waals surface area contributed by atoms with Crippen molar-refractivity contribution in [3.63, 3.8) is 0 Å². The third-order valence-corrected chi connectivity index (χ3v) is 4.36. The van der Waals surface area contributed by atoms with Gasteiger partial charge in [0, 0.05) is 32.2 Å². The lowest BCUT2D eigenvalue weighted by Crippen LogP contribution is -2.50. The van der Waals surface area contributed by atoms with Gasteiger partial charge in [-0.25, -0.2) is 4.79 Å². The molecular formula is C17H17F3N4O3. The van der Waals surface area contributed by atoms with E-state index in [4.69, 9.17) is 0 Å². The topological polar surface area (TPSA) is 89.3 Å². The molecule has 144 valence electrons. The van der Waals surface area contributed by atoms with Crippen LogP contribution in [-0.2, 0) is 17.4 Å². The second-order valence-electron chi connectivity index (χ2n) is 6.21. The number of H-pyrrole nitrogens is 2. The van der Waals surface area contributed by atoms with Crippen LogP contribution in [0.3, 0.4) is 0 Å². The maximum Gasteiger partial charge on any atom is 0.416 e. The number of hydrogen-bond donors (Lipinski definition) is 2. The summed E-state index contributed by atoms with van der Waals surface area (Å²) in [6, 6.07) is 5.81. The lowest BCUT2D eigenvalue weighted by atomic mass is 10.1. The molecule has 2 aromatic rings. The molecule has 7 nitrogen and oxygen atoms in total. The van der Waals surface area contributed by atoms with Crippen LogP contribution >= 0.6 is 0 Å². The Morgan fingerprint density at radius 1 is 1.00 bits per heavy atom. The molecule has 2 heterocycles. The van der Waals surface area contributed by atoms with Crippen molar-refractivity contribution < 1.29 is 18.0 Å². The van der Waals surface area contributed by atoms with Gasteiger partial charge in [0.25, 0.3) is 5.56 Å². The third kappa shape index (κ3) is 4.57. The van der Waals surface area contributed by atoms with Crippen LogP contribution in [-0.4, -0.2) is 47.0 Å². The molecule has 1 fully saturated rings. The highest BCUT2D eigenvalue weighted by Crippen LogP contribution is 2.29. The van der Waals surface area contributed by atoms with Crippen molar-refractivity contribution in [2.75, 3.05) is 31.1 Å². The molecule has 1 amide bonds. The smallest absolute Gasteiger partial charge is 0.354 e. The monoisotopic (exact) mass is 382 g/mol. The lowest BCUT2D eigenvalue weighted by Gasteiger charge is -2.35. The minimum Gasteiger partial charge on any atom is -0.354 e. The van der Waals surface area contributed by atoms with Crippen molar-refractivity contribution in [3.05, 3.63) is 62.3 Å². The second-order valence-corrected chi connectivity index (χ2v) is 6.21. The Morgan fingerprint density at radius 3 is 2.19 bits per heavy atom. The summed E-state index contributed by atoms with van der Waals surface area (Å²) in [6.45, 7) is 1.62. The normalized spacial score (nSPS) is 15.1. The number of rotatable bonds is 3. The first kappa shape index (κ1) is 18.7. The van der Waals surface area contributed by atoms with Crippen molar-refractivity contribution >= 4 is 11.7 Å². The molecule has 3 rings (SSSR count). The quantitative estimate of drug-likeness (QED) is 0.828. The highest BCUT2D eigenvalue weighted by Gasteiger charge is 2.30. The van der Waals surface area contributed by atoms with E-state index >= 15 is 0 Å². The molecule has 10 heteroatoms. The van der Waals surface area contributed by atoms with E-state index in [1.165, 1.54) is 18.2 Å². The predicted octanol–water partition coefficient (Wildman–Crippen LogP) is 0.973. The molecule has 1 aromatic heterocycles. The van der Waals surface area contributed by atoms with Crippen LogP contribution in [0.5, 0.6) is 0 Å². The van der Waals surface area contributed by atoms with Gasteiger partial charge in [0.15, 0.2) is 0 Å². The van der Waals surface area contributed by atoms with Crippen LogP contribution in [0.2, 0.25) is 0 Å². The largest absolute Gasteiger partial charge is 0.416 e. The van der Waals surface area contributed by atoms with Crippen LogP contribution in [0.1, 0.15) is 11.1 Å². The number of alkyl halides is 3. The van der Waals surface area contributed by atoms with Crippen LogP contribution in [0.25, 0.3) is 0 Å². The van der Waals surface area contributed by atoms with Gasteiger partial charge in [0.05, 0.1) is 12.0 Å². The fourth-order valence-electron chi connectivity index (χ4n) is 2.92. The molecule has 1 saturated heterocycles. The van der Waals surface area contributed by atoms with Crippen molar-refractivity contribution in [1.29, 1.82) is 0 Å². The molecule has 1 aliphatic rings. The zero-order valence-electron chi connectivity index (χ0n) is 14.2. The highest BCUT2D eigenvalue weighted by molar-refractivity contribution is 5.79. The van der Waals surface area contributed by atoms with E-state index in [2.05, 4.69) is 9.97 Å². The van der Waals surface area contributed by atoms with Crippen LogP contribution in [0, 0.1) is 0 Å². The van der Waals surface area contributed by atoms with E-state index in [0.717, 1.165) is 12.1 Å². The van der Waals surface area contributed by atoms with Crippen molar-refractivity contribution in [1.82, 2.24) is 14.9 Å². The standard InChI is InChI=1S/C17H17F3N4O3/c18-17(19,20)12-3-1-11(2-4-12)9-15(26)24-7-5-23(6-8-24)13-10-14(25)22-16(27)21-13/h1-4,10H,5-9H2,(H2,21,22,25,27). The number of hydrogen-bond acceptors (Lipinski definition) is 4. The second kappa shape index (κ2) is 7.29. The Hall–Kier alpha value is -3.04. The molecule has 0 bridgehead atoms. The van der Waals surface area contributed by atoms with E-state index in [1.807, 2.05) is 0 Å². The van der Waals surface area contributed by atoms with Crippen LogP contribution < -0.4 is 16.1 Å². The number of carbonyl (C=O) groups is 1. The van der Waals surface area contributed by atoms with Crippen molar-refractivity contribution in [3.8, 4) is 0 Å². The fraction of sp³-hybridized carbons (Fsp3) is 0.353. The van der Waals surface area contributed by atoms with Gasteiger partial charge in [-0.2, -0.15) is 13.2 Å². The van der Waals surface area contributed by atoms with Gasteiger partial charge in [0.2, 0.25) is 5.91 Å². The average molecular weight is 382 g/mol. The summed E-state index contributed by atoms with van der Waals surface area (Å²) < 4.78 is 37.7. The molecule has 0 radical (unpaired) electrons. The van der Waals surface area contributed by atoms with E-state index < -0.39 is 23.0 Å².